The fraction of sp³-hybridized carbons (Fsp3) is 0.250. The molecule has 0 radical (unpaired) electrons. The van der Waals surface area contributed by atoms with Crippen LogP contribution in [0.4, 0.5) is 24.0 Å². The monoisotopic (exact) mass is 563 g/mol. The number of nitriles is 2. The number of sulfonamides is 1. The largest absolute Gasteiger partial charge is 0.573 e. The summed E-state index contributed by atoms with van der Waals surface area (Å²) in [5.74, 6) is -1.70. The van der Waals surface area contributed by atoms with Gasteiger partial charge < -0.3 is 9.64 Å². The number of benzene rings is 2. The quantitative estimate of drug-likeness (QED) is 0.343. The van der Waals surface area contributed by atoms with E-state index in [9.17, 15) is 26.4 Å². The second kappa shape index (κ2) is 11.9. The Hall–Kier alpha value is -4.14. The molecule has 198 valence electrons. The average molecular weight is 564 g/mol. The number of hydrogen-bond donors (Lipinski definition) is 1. The summed E-state index contributed by atoms with van der Waals surface area (Å²) >= 11 is 1.11. The Morgan fingerprint density at radius 3 is 2.37 bits per heavy atom. The number of nitrogens with zero attached hydrogens (tertiary/aromatic N) is 4. The molecule has 0 saturated heterocycles. The minimum Gasteiger partial charge on any atom is -0.406 e. The van der Waals surface area contributed by atoms with Crippen molar-refractivity contribution < 1.29 is 31.1 Å². The summed E-state index contributed by atoms with van der Waals surface area (Å²) in [7, 11) is -3.98. The predicted molar refractivity (Wildman–Crippen MR) is 133 cm³/mol. The van der Waals surface area contributed by atoms with E-state index < -0.39 is 28.0 Å². The van der Waals surface area contributed by atoms with E-state index in [0.717, 1.165) is 11.3 Å². The van der Waals surface area contributed by atoms with E-state index in [1.807, 2.05) is 16.9 Å². The number of amides is 1. The van der Waals surface area contributed by atoms with Crippen LogP contribution in [0.2, 0.25) is 0 Å². The Kier molecular flexibility index (Phi) is 8.93. The number of alkyl halides is 3. The molecular formula is C24H20F3N5O4S2. The van der Waals surface area contributed by atoms with Crippen molar-refractivity contribution in [1.29, 1.82) is 10.5 Å². The van der Waals surface area contributed by atoms with Gasteiger partial charge in [-0.1, -0.05) is 12.1 Å². The number of nitrogens with one attached hydrogen (secondary N) is 1. The molecule has 2 aromatic carbocycles. The van der Waals surface area contributed by atoms with E-state index in [4.69, 9.17) is 10.5 Å². The minimum absolute atomic E-state index is 0.0256. The SMILES string of the molecule is Cc1sc(N(Cc2ccc(OC(F)(F)F)cc2)c2ccc(C#N)cc2)nc1C(=O)NS(=O)(=O)CCCC#N. The van der Waals surface area contributed by atoms with Gasteiger partial charge in [0.2, 0.25) is 10.0 Å². The number of carbonyl (C=O) groups excluding carboxylic acids is 1. The highest BCUT2D eigenvalue weighted by atomic mass is 32.2. The highest BCUT2D eigenvalue weighted by Crippen LogP contribution is 2.34. The Labute approximate surface area is 220 Å². The first-order valence-corrected chi connectivity index (χ1v) is 13.4. The van der Waals surface area contributed by atoms with Crippen molar-refractivity contribution in [3.63, 3.8) is 0 Å². The van der Waals surface area contributed by atoms with E-state index in [0.29, 0.717) is 26.8 Å². The molecule has 0 saturated carbocycles. The number of halogens is 3. The van der Waals surface area contributed by atoms with Crippen LogP contribution in [0.25, 0.3) is 0 Å². The summed E-state index contributed by atoms with van der Waals surface area (Å²) in [4.78, 5) is 19.2. The lowest BCUT2D eigenvalue weighted by Gasteiger charge is -2.22. The lowest BCUT2D eigenvalue weighted by Crippen LogP contribution is -2.33. The molecule has 14 heteroatoms. The smallest absolute Gasteiger partial charge is 0.406 e. The van der Waals surface area contributed by atoms with Crippen molar-refractivity contribution in [3.05, 3.63) is 70.2 Å². The highest BCUT2D eigenvalue weighted by molar-refractivity contribution is 7.90. The number of carbonyl (C=O) groups is 1. The summed E-state index contributed by atoms with van der Waals surface area (Å²) in [6.07, 6.45) is -4.73. The molecule has 0 atom stereocenters. The van der Waals surface area contributed by atoms with Gasteiger partial charge >= 0.3 is 6.36 Å². The third-order valence-corrected chi connectivity index (χ3v) is 7.30. The number of hydrogen-bond acceptors (Lipinski definition) is 9. The van der Waals surface area contributed by atoms with Crippen molar-refractivity contribution >= 4 is 38.1 Å². The summed E-state index contributed by atoms with van der Waals surface area (Å²) < 4.78 is 67.8. The Balaban J connectivity index is 1.90. The van der Waals surface area contributed by atoms with E-state index in [1.165, 1.54) is 24.3 Å². The second-order valence-corrected chi connectivity index (χ2v) is 10.9. The third kappa shape index (κ3) is 7.93. The molecule has 3 aromatic rings. The number of ether oxygens (including phenoxy) is 1. The van der Waals surface area contributed by atoms with Gasteiger partial charge in [-0.25, -0.2) is 18.1 Å². The molecule has 0 aliphatic rings. The summed E-state index contributed by atoms with van der Waals surface area (Å²) in [6.45, 7) is 1.72. The highest BCUT2D eigenvalue weighted by Gasteiger charge is 2.31. The van der Waals surface area contributed by atoms with Crippen LogP contribution in [0.1, 0.15) is 39.3 Å². The minimum atomic E-state index is -4.82. The van der Waals surface area contributed by atoms with Crippen LogP contribution in [0, 0.1) is 29.6 Å². The lowest BCUT2D eigenvalue weighted by molar-refractivity contribution is -0.274. The number of aryl methyl sites for hydroxylation is 1. The molecule has 1 amide bonds. The zero-order valence-corrected chi connectivity index (χ0v) is 21.5. The zero-order chi connectivity index (χ0) is 27.9. The van der Waals surface area contributed by atoms with Gasteiger partial charge in [0, 0.05) is 17.0 Å². The normalized spacial score (nSPS) is 11.3. The van der Waals surface area contributed by atoms with Gasteiger partial charge in [0.15, 0.2) is 5.13 Å². The molecule has 0 fully saturated rings. The molecule has 0 aliphatic heterocycles. The zero-order valence-electron chi connectivity index (χ0n) is 19.8. The van der Waals surface area contributed by atoms with Crippen molar-refractivity contribution in [2.75, 3.05) is 10.7 Å². The molecule has 0 aliphatic carbocycles. The van der Waals surface area contributed by atoms with Crippen LogP contribution in [-0.2, 0) is 16.6 Å². The summed E-state index contributed by atoms with van der Waals surface area (Å²) in [5, 5.41) is 18.0. The van der Waals surface area contributed by atoms with E-state index in [-0.39, 0.29) is 30.8 Å². The summed E-state index contributed by atoms with van der Waals surface area (Å²) in [6, 6.07) is 15.5. The van der Waals surface area contributed by atoms with Gasteiger partial charge in [0.05, 0.1) is 30.0 Å². The fourth-order valence-corrected chi connectivity index (χ4v) is 5.19. The first kappa shape index (κ1) is 28.4. The molecule has 0 spiro atoms. The van der Waals surface area contributed by atoms with E-state index >= 15 is 0 Å². The van der Waals surface area contributed by atoms with Crippen LogP contribution in [0.15, 0.2) is 48.5 Å². The van der Waals surface area contributed by atoms with Crippen molar-refractivity contribution in [1.82, 2.24) is 9.71 Å². The van der Waals surface area contributed by atoms with Gasteiger partial charge in [-0.3, -0.25) is 4.79 Å². The number of unbranched alkanes of at least 4 members (excludes halogenated alkanes) is 1. The van der Waals surface area contributed by atoms with Crippen LogP contribution in [-0.4, -0.2) is 31.4 Å². The van der Waals surface area contributed by atoms with Gasteiger partial charge in [-0.05, 0) is 55.3 Å². The lowest BCUT2D eigenvalue weighted by atomic mass is 10.1. The van der Waals surface area contributed by atoms with Crippen LogP contribution in [0.3, 0.4) is 0 Å². The Morgan fingerprint density at radius 2 is 1.79 bits per heavy atom. The molecule has 1 aromatic heterocycles. The number of thiazole rings is 1. The molecule has 0 unspecified atom stereocenters. The Bertz CT molecular complexity index is 1470. The first-order valence-electron chi connectivity index (χ1n) is 10.9. The number of anilines is 2. The van der Waals surface area contributed by atoms with Crippen LogP contribution >= 0.6 is 11.3 Å². The van der Waals surface area contributed by atoms with Crippen LogP contribution in [0.5, 0.6) is 5.75 Å². The number of aromatic nitrogens is 1. The summed E-state index contributed by atoms with van der Waals surface area (Å²) in [5.41, 5.74) is 1.45. The maximum absolute atomic E-state index is 12.7. The number of rotatable bonds is 10. The van der Waals surface area contributed by atoms with Gasteiger partial charge in [-0.15, -0.1) is 24.5 Å². The van der Waals surface area contributed by atoms with Crippen molar-refractivity contribution in [2.45, 2.75) is 32.7 Å². The molecular weight excluding hydrogens is 543 g/mol. The van der Waals surface area contributed by atoms with Gasteiger partial charge in [0.1, 0.15) is 11.4 Å². The molecule has 0 bridgehead atoms. The maximum atomic E-state index is 12.7. The van der Waals surface area contributed by atoms with Crippen molar-refractivity contribution in [3.8, 4) is 17.9 Å². The standard InChI is InChI=1S/C24H20F3N5O4S2/c1-16-21(22(33)31-38(34,35)13-3-2-12-28)30-23(37-16)32(19-8-4-17(14-29)5-9-19)15-18-6-10-20(11-7-18)36-24(25,26)27/h4-11H,2-3,13,15H2,1H3,(H,31,33). The molecule has 9 nitrogen and oxygen atoms in total. The van der Waals surface area contributed by atoms with Gasteiger partial charge in [-0.2, -0.15) is 10.5 Å². The van der Waals surface area contributed by atoms with Crippen molar-refractivity contribution in [2.24, 2.45) is 0 Å². The first-order chi connectivity index (χ1) is 17.9. The molecule has 1 N–H and O–H groups in total. The second-order valence-electron chi connectivity index (χ2n) is 7.85. The fourth-order valence-electron chi connectivity index (χ4n) is 3.25. The Morgan fingerprint density at radius 1 is 1.13 bits per heavy atom. The molecule has 3 rings (SSSR count). The van der Waals surface area contributed by atoms with E-state index in [2.05, 4.69) is 9.72 Å². The average Bonchev–Trinajstić information content (AvgIpc) is 3.24. The molecule has 38 heavy (non-hydrogen) atoms. The van der Waals surface area contributed by atoms with E-state index in [1.54, 1.807) is 36.1 Å². The maximum Gasteiger partial charge on any atom is 0.573 e. The third-order valence-electron chi connectivity index (χ3n) is 4.99. The van der Waals surface area contributed by atoms with Crippen LogP contribution < -0.4 is 14.4 Å². The molecule has 1 heterocycles. The topological polar surface area (TPSA) is 136 Å². The van der Waals surface area contributed by atoms with Gasteiger partial charge in [0.25, 0.3) is 5.91 Å². The predicted octanol–water partition coefficient (Wildman–Crippen LogP) is 4.92.